The molecule has 0 saturated heterocycles. The molecule has 0 amide bonds. The van der Waals surface area contributed by atoms with E-state index in [-0.39, 0.29) is 0 Å². The lowest BCUT2D eigenvalue weighted by Gasteiger charge is -2.06. The molecule has 0 fully saturated rings. The Morgan fingerprint density at radius 3 is 2.91 bits per heavy atom. The molecule has 0 saturated carbocycles. The maximum absolute atomic E-state index is 5.72. The summed E-state index contributed by atoms with van der Waals surface area (Å²) in [6, 6.07) is 0. The average Bonchev–Trinajstić information content (AvgIpc) is 2.17. The van der Waals surface area contributed by atoms with Gasteiger partial charge in [0.15, 0.2) is 0 Å². The van der Waals surface area contributed by atoms with E-state index in [4.69, 9.17) is 4.74 Å². The summed E-state index contributed by atoms with van der Waals surface area (Å²) < 4.78 is 5.72. The maximum Gasteiger partial charge on any atom is 0.0992 e. The summed E-state index contributed by atoms with van der Waals surface area (Å²) in [6.45, 7) is 2.18. The second-order valence-corrected chi connectivity index (χ2v) is 3.72. The molecular weight excluding hydrogens is 136 g/mol. The molecule has 1 atom stereocenters. The highest BCUT2D eigenvalue weighted by Gasteiger charge is 2.22. The molecule has 2 aliphatic rings. The Morgan fingerprint density at radius 1 is 1.18 bits per heavy atom. The van der Waals surface area contributed by atoms with Gasteiger partial charge < -0.3 is 4.74 Å². The van der Waals surface area contributed by atoms with Crippen LogP contribution in [-0.2, 0) is 4.74 Å². The molecule has 0 N–H and O–H groups in total. The van der Waals surface area contributed by atoms with Crippen molar-refractivity contribution in [1.82, 2.24) is 0 Å². The second-order valence-electron chi connectivity index (χ2n) is 3.72. The minimum Gasteiger partial charge on any atom is -0.495 e. The van der Waals surface area contributed by atoms with Gasteiger partial charge in [-0.15, -0.1) is 0 Å². The average molecular weight is 152 g/mol. The number of hydrogen-bond donors (Lipinski definition) is 0. The SMILES string of the molecule is CC1CC2=C(CCCCC2)O1. The first kappa shape index (κ1) is 7.20. The summed E-state index contributed by atoms with van der Waals surface area (Å²) in [5.41, 5.74) is 1.62. The smallest absolute Gasteiger partial charge is 0.0992 e. The number of allylic oxidation sites excluding steroid dienone is 1. The molecule has 1 nitrogen and oxygen atoms in total. The Labute approximate surface area is 68.4 Å². The molecule has 0 aromatic heterocycles. The Balaban J connectivity index is 2.08. The minimum atomic E-state index is 0.470. The highest BCUT2D eigenvalue weighted by molar-refractivity contribution is 5.15. The Morgan fingerprint density at radius 2 is 2.00 bits per heavy atom. The molecule has 1 aliphatic heterocycles. The van der Waals surface area contributed by atoms with Gasteiger partial charge in [0.25, 0.3) is 0 Å². The highest BCUT2D eigenvalue weighted by Crippen LogP contribution is 2.34. The lowest BCUT2D eigenvalue weighted by atomic mass is 10.1. The molecule has 0 bridgehead atoms. The van der Waals surface area contributed by atoms with Crippen molar-refractivity contribution in [2.24, 2.45) is 0 Å². The predicted molar refractivity (Wildman–Crippen MR) is 45.3 cm³/mol. The van der Waals surface area contributed by atoms with Gasteiger partial charge in [0, 0.05) is 12.8 Å². The summed E-state index contributed by atoms with van der Waals surface area (Å²) in [4.78, 5) is 0. The van der Waals surface area contributed by atoms with Crippen LogP contribution in [0, 0.1) is 0 Å². The van der Waals surface area contributed by atoms with Crippen LogP contribution in [0.5, 0.6) is 0 Å². The summed E-state index contributed by atoms with van der Waals surface area (Å²) in [7, 11) is 0. The van der Waals surface area contributed by atoms with Crippen LogP contribution in [0.15, 0.2) is 11.3 Å². The molecule has 0 aromatic rings. The van der Waals surface area contributed by atoms with E-state index in [2.05, 4.69) is 6.92 Å². The lowest BCUT2D eigenvalue weighted by Crippen LogP contribution is -1.98. The number of rotatable bonds is 0. The minimum absolute atomic E-state index is 0.470. The van der Waals surface area contributed by atoms with Crippen LogP contribution < -0.4 is 0 Å². The standard InChI is InChI=1S/C10H16O/c1-8-7-9-5-3-2-4-6-10(9)11-8/h8H,2-7H2,1H3. The van der Waals surface area contributed by atoms with E-state index in [9.17, 15) is 0 Å². The van der Waals surface area contributed by atoms with Gasteiger partial charge in [0.2, 0.25) is 0 Å². The molecular formula is C10H16O. The van der Waals surface area contributed by atoms with Crippen LogP contribution in [0.1, 0.15) is 45.4 Å². The molecule has 1 heteroatoms. The van der Waals surface area contributed by atoms with Gasteiger partial charge in [-0.25, -0.2) is 0 Å². The van der Waals surface area contributed by atoms with Gasteiger partial charge in [-0.1, -0.05) is 6.42 Å². The maximum atomic E-state index is 5.72. The zero-order valence-electron chi connectivity index (χ0n) is 7.23. The quantitative estimate of drug-likeness (QED) is 0.518. The summed E-state index contributed by atoms with van der Waals surface area (Å²) in [5.74, 6) is 1.34. The first-order valence-electron chi connectivity index (χ1n) is 4.74. The van der Waals surface area contributed by atoms with Crippen molar-refractivity contribution in [3.05, 3.63) is 11.3 Å². The molecule has 62 valence electrons. The van der Waals surface area contributed by atoms with Crippen molar-refractivity contribution in [1.29, 1.82) is 0 Å². The fourth-order valence-electron chi connectivity index (χ4n) is 2.11. The van der Waals surface area contributed by atoms with E-state index in [0.717, 1.165) is 0 Å². The van der Waals surface area contributed by atoms with E-state index in [0.29, 0.717) is 6.10 Å². The van der Waals surface area contributed by atoms with Gasteiger partial charge in [-0.05, 0) is 31.8 Å². The van der Waals surface area contributed by atoms with Crippen LogP contribution in [0.25, 0.3) is 0 Å². The molecule has 1 heterocycles. The molecule has 1 unspecified atom stereocenters. The van der Waals surface area contributed by atoms with E-state index < -0.39 is 0 Å². The van der Waals surface area contributed by atoms with E-state index in [1.54, 1.807) is 5.57 Å². The van der Waals surface area contributed by atoms with Crippen LogP contribution in [0.3, 0.4) is 0 Å². The van der Waals surface area contributed by atoms with Crippen LogP contribution in [0.2, 0.25) is 0 Å². The van der Waals surface area contributed by atoms with Crippen LogP contribution in [0.4, 0.5) is 0 Å². The van der Waals surface area contributed by atoms with Gasteiger partial charge in [0.1, 0.15) is 0 Å². The first-order chi connectivity index (χ1) is 5.36. The van der Waals surface area contributed by atoms with E-state index in [1.165, 1.54) is 44.3 Å². The predicted octanol–water partition coefficient (Wildman–Crippen LogP) is 3.01. The van der Waals surface area contributed by atoms with Crippen LogP contribution in [-0.4, -0.2) is 6.10 Å². The normalized spacial score (nSPS) is 31.2. The molecule has 0 spiro atoms. The van der Waals surface area contributed by atoms with Crippen LogP contribution >= 0.6 is 0 Å². The summed E-state index contributed by atoms with van der Waals surface area (Å²) in [6.07, 6.45) is 8.30. The zero-order valence-corrected chi connectivity index (χ0v) is 7.23. The molecule has 0 radical (unpaired) electrons. The van der Waals surface area contributed by atoms with Gasteiger partial charge in [0.05, 0.1) is 11.9 Å². The number of hydrogen-bond acceptors (Lipinski definition) is 1. The molecule has 0 aromatic carbocycles. The highest BCUT2D eigenvalue weighted by atomic mass is 16.5. The third-order valence-electron chi connectivity index (χ3n) is 2.65. The number of ether oxygens (including phenoxy) is 1. The Bertz CT molecular complexity index is 163. The fourth-order valence-corrected chi connectivity index (χ4v) is 2.11. The van der Waals surface area contributed by atoms with Crippen molar-refractivity contribution in [2.45, 2.75) is 51.6 Å². The third-order valence-corrected chi connectivity index (χ3v) is 2.65. The van der Waals surface area contributed by atoms with Gasteiger partial charge in [-0.3, -0.25) is 0 Å². The monoisotopic (exact) mass is 152 g/mol. The Hall–Kier alpha value is -0.460. The second kappa shape index (κ2) is 2.88. The summed E-state index contributed by atoms with van der Waals surface area (Å²) in [5, 5.41) is 0. The first-order valence-corrected chi connectivity index (χ1v) is 4.74. The summed E-state index contributed by atoms with van der Waals surface area (Å²) >= 11 is 0. The van der Waals surface area contributed by atoms with E-state index >= 15 is 0 Å². The van der Waals surface area contributed by atoms with Gasteiger partial charge in [-0.2, -0.15) is 0 Å². The van der Waals surface area contributed by atoms with Crippen molar-refractivity contribution in [3.63, 3.8) is 0 Å². The third kappa shape index (κ3) is 1.42. The van der Waals surface area contributed by atoms with Crippen molar-refractivity contribution < 1.29 is 4.74 Å². The molecule has 2 rings (SSSR count). The van der Waals surface area contributed by atoms with E-state index in [1.807, 2.05) is 0 Å². The zero-order chi connectivity index (χ0) is 7.68. The Kier molecular flexibility index (Phi) is 1.89. The fraction of sp³-hybridized carbons (Fsp3) is 0.800. The largest absolute Gasteiger partial charge is 0.495 e. The van der Waals surface area contributed by atoms with Gasteiger partial charge >= 0.3 is 0 Å². The molecule has 11 heavy (non-hydrogen) atoms. The molecule has 1 aliphatic carbocycles. The van der Waals surface area contributed by atoms with Crippen molar-refractivity contribution >= 4 is 0 Å². The topological polar surface area (TPSA) is 9.23 Å². The lowest BCUT2D eigenvalue weighted by molar-refractivity contribution is 0.152. The van der Waals surface area contributed by atoms with Crippen molar-refractivity contribution in [3.8, 4) is 0 Å². The van der Waals surface area contributed by atoms with Crippen molar-refractivity contribution in [2.75, 3.05) is 0 Å².